The Balaban J connectivity index is 1.55. The van der Waals surface area contributed by atoms with Gasteiger partial charge in [0.1, 0.15) is 0 Å². The average molecular weight is 291 g/mol. The molecule has 1 fully saturated rings. The molecule has 0 bridgehead atoms. The van der Waals surface area contributed by atoms with Crippen LogP contribution in [0.5, 0.6) is 11.5 Å². The molecule has 0 saturated carbocycles. The third-order valence-corrected chi connectivity index (χ3v) is 4.25. The van der Waals surface area contributed by atoms with Crippen molar-refractivity contribution < 1.29 is 19.2 Å². The number of hydrogen-bond acceptors (Lipinski definition) is 3. The lowest BCUT2D eigenvalue weighted by Crippen LogP contribution is -3.13. The summed E-state index contributed by atoms with van der Waals surface area (Å²) in [6.45, 7) is 5.09. The number of likely N-dealkylation sites (tertiary alicyclic amines) is 1. The van der Waals surface area contributed by atoms with Crippen LogP contribution >= 0.6 is 0 Å². The number of hydrogen-bond donors (Lipinski definition) is 2. The van der Waals surface area contributed by atoms with Gasteiger partial charge in [-0.1, -0.05) is 6.07 Å². The molecule has 0 aliphatic carbocycles. The van der Waals surface area contributed by atoms with Crippen molar-refractivity contribution in [2.24, 2.45) is 0 Å². The maximum Gasteiger partial charge on any atom is 0.275 e. The molecule has 2 heterocycles. The molecule has 0 unspecified atom stereocenters. The first-order chi connectivity index (χ1) is 10.2. The molecule has 1 saturated heterocycles. The van der Waals surface area contributed by atoms with Gasteiger partial charge in [-0.2, -0.15) is 0 Å². The Morgan fingerprint density at radius 1 is 1.24 bits per heavy atom. The van der Waals surface area contributed by atoms with Gasteiger partial charge in [0.15, 0.2) is 18.0 Å². The predicted octanol–water partition coefficient (Wildman–Crippen LogP) is 0.661. The number of ether oxygens (including phenoxy) is 2. The summed E-state index contributed by atoms with van der Waals surface area (Å²) in [5.41, 5.74) is 1.04. The maximum atomic E-state index is 12.1. The van der Waals surface area contributed by atoms with E-state index in [-0.39, 0.29) is 18.7 Å². The van der Waals surface area contributed by atoms with Crippen molar-refractivity contribution in [1.29, 1.82) is 0 Å². The molecule has 0 aromatic heterocycles. The molecular weight excluding hydrogens is 268 g/mol. The van der Waals surface area contributed by atoms with E-state index in [1.807, 2.05) is 25.1 Å². The summed E-state index contributed by atoms with van der Waals surface area (Å²) in [5, 5.41) is 3.08. The summed E-state index contributed by atoms with van der Waals surface area (Å²) in [4.78, 5) is 13.5. The number of piperidine rings is 1. The molecule has 2 N–H and O–H groups in total. The zero-order valence-electron chi connectivity index (χ0n) is 12.5. The van der Waals surface area contributed by atoms with Gasteiger partial charge in [-0.3, -0.25) is 4.79 Å². The zero-order valence-corrected chi connectivity index (χ0v) is 12.5. The van der Waals surface area contributed by atoms with E-state index in [0.717, 1.165) is 30.2 Å². The summed E-state index contributed by atoms with van der Waals surface area (Å²) >= 11 is 0. The standard InChI is InChI=1S/C16H22N2O3/c1-12(13-5-6-14-15(9-13)21-11-20-14)17-16(19)10-18-7-3-2-4-8-18/h5-6,9,12H,2-4,7-8,10-11H2,1H3,(H,17,19)/p+1/t12-/m0/s1. The highest BCUT2D eigenvalue weighted by Crippen LogP contribution is 2.34. The Kier molecular flexibility index (Phi) is 4.29. The summed E-state index contributed by atoms with van der Waals surface area (Å²) < 4.78 is 10.7. The highest BCUT2D eigenvalue weighted by molar-refractivity contribution is 5.77. The van der Waals surface area contributed by atoms with Crippen molar-refractivity contribution in [2.45, 2.75) is 32.2 Å². The third-order valence-electron chi connectivity index (χ3n) is 4.25. The lowest BCUT2D eigenvalue weighted by Gasteiger charge is -2.24. The molecule has 1 atom stereocenters. The van der Waals surface area contributed by atoms with E-state index in [4.69, 9.17) is 9.47 Å². The minimum Gasteiger partial charge on any atom is -0.454 e. The van der Waals surface area contributed by atoms with Crippen LogP contribution in [-0.4, -0.2) is 32.3 Å². The van der Waals surface area contributed by atoms with Gasteiger partial charge < -0.3 is 19.7 Å². The molecule has 2 aliphatic rings. The molecule has 1 aromatic carbocycles. The number of carbonyl (C=O) groups is 1. The summed E-state index contributed by atoms with van der Waals surface area (Å²) in [5.74, 6) is 1.65. The lowest BCUT2D eigenvalue weighted by atomic mass is 10.1. The molecule has 5 heteroatoms. The van der Waals surface area contributed by atoms with Crippen LogP contribution in [-0.2, 0) is 4.79 Å². The molecule has 0 radical (unpaired) electrons. The number of quaternary nitrogens is 1. The van der Waals surface area contributed by atoms with Gasteiger partial charge in [0.25, 0.3) is 5.91 Å². The van der Waals surface area contributed by atoms with Crippen molar-refractivity contribution in [3.8, 4) is 11.5 Å². The second-order valence-electron chi connectivity index (χ2n) is 5.89. The van der Waals surface area contributed by atoms with E-state index >= 15 is 0 Å². The Labute approximate surface area is 125 Å². The predicted molar refractivity (Wildman–Crippen MR) is 78.5 cm³/mol. The maximum absolute atomic E-state index is 12.1. The van der Waals surface area contributed by atoms with Crippen LogP contribution in [0.15, 0.2) is 18.2 Å². The Morgan fingerprint density at radius 2 is 2.00 bits per heavy atom. The number of benzene rings is 1. The molecule has 3 rings (SSSR count). The van der Waals surface area contributed by atoms with Crippen LogP contribution in [0, 0.1) is 0 Å². The number of rotatable bonds is 4. The quantitative estimate of drug-likeness (QED) is 0.857. The van der Waals surface area contributed by atoms with Gasteiger partial charge in [-0.05, 0) is 43.9 Å². The molecule has 5 nitrogen and oxygen atoms in total. The summed E-state index contributed by atoms with van der Waals surface area (Å²) in [6.07, 6.45) is 3.78. The van der Waals surface area contributed by atoms with E-state index in [0.29, 0.717) is 6.54 Å². The van der Waals surface area contributed by atoms with Gasteiger partial charge in [0.05, 0.1) is 19.1 Å². The average Bonchev–Trinajstić information content (AvgIpc) is 2.95. The molecule has 21 heavy (non-hydrogen) atoms. The van der Waals surface area contributed by atoms with E-state index in [9.17, 15) is 4.79 Å². The van der Waals surface area contributed by atoms with Crippen molar-refractivity contribution in [3.63, 3.8) is 0 Å². The van der Waals surface area contributed by atoms with Gasteiger partial charge in [0.2, 0.25) is 6.79 Å². The highest BCUT2D eigenvalue weighted by Gasteiger charge is 2.20. The van der Waals surface area contributed by atoms with Gasteiger partial charge in [-0.25, -0.2) is 0 Å². The second-order valence-corrected chi connectivity index (χ2v) is 5.89. The van der Waals surface area contributed by atoms with Crippen LogP contribution in [0.1, 0.15) is 37.8 Å². The fourth-order valence-electron chi connectivity index (χ4n) is 3.01. The van der Waals surface area contributed by atoms with Crippen molar-refractivity contribution >= 4 is 5.91 Å². The van der Waals surface area contributed by atoms with Gasteiger partial charge in [0, 0.05) is 0 Å². The third kappa shape index (κ3) is 3.47. The first kappa shape index (κ1) is 14.2. The largest absolute Gasteiger partial charge is 0.454 e. The normalized spacial score (nSPS) is 19.3. The van der Waals surface area contributed by atoms with Crippen LogP contribution in [0.2, 0.25) is 0 Å². The monoisotopic (exact) mass is 291 g/mol. The number of nitrogens with one attached hydrogen (secondary N) is 2. The fraction of sp³-hybridized carbons (Fsp3) is 0.562. The van der Waals surface area contributed by atoms with Gasteiger partial charge >= 0.3 is 0 Å². The zero-order chi connectivity index (χ0) is 14.7. The van der Waals surface area contributed by atoms with E-state index in [1.54, 1.807) is 0 Å². The summed E-state index contributed by atoms with van der Waals surface area (Å²) in [7, 11) is 0. The topological polar surface area (TPSA) is 52.0 Å². The number of carbonyl (C=O) groups excluding carboxylic acids is 1. The number of fused-ring (bicyclic) bond motifs is 1. The SMILES string of the molecule is C[C@H](NC(=O)C[NH+]1CCCCC1)c1ccc2c(c1)OCO2. The van der Waals surface area contributed by atoms with E-state index in [2.05, 4.69) is 5.32 Å². The summed E-state index contributed by atoms with van der Waals surface area (Å²) in [6, 6.07) is 5.81. The minimum absolute atomic E-state index is 0.0174. The second kappa shape index (κ2) is 6.35. The molecule has 2 aliphatic heterocycles. The van der Waals surface area contributed by atoms with E-state index < -0.39 is 0 Å². The first-order valence-electron chi connectivity index (χ1n) is 7.75. The van der Waals surface area contributed by atoms with Crippen molar-refractivity contribution in [1.82, 2.24) is 5.32 Å². The van der Waals surface area contributed by atoms with Crippen molar-refractivity contribution in [3.05, 3.63) is 23.8 Å². The first-order valence-corrected chi connectivity index (χ1v) is 7.75. The van der Waals surface area contributed by atoms with E-state index in [1.165, 1.54) is 24.2 Å². The smallest absolute Gasteiger partial charge is 0.275 e. The fourth-order valence-corrected chi connectivity index (χ4v) is 3.01. The van der Waals surface area contributed by atoms with Crippen LogP contribution in [0.4, 0.5) is 0 Å². The van der Waals surface area contributed by atoms with Crippen LogP contribution in [0.25, 0.3) is 0 Å². The molecule has 114 valence electrons. The molecule has 1 aromatic rings. The number of amides is 1. The molecule has 0 spiro atoms. The Bertz CT molecular complexity index is 512. The van der Waals surface area contributed by atoms with Crippen LogP contribution < -0.4 is 19.7 Å². The molecular formula is C16H23N2O3+. The van der Waals surface area contributed by atoms with Crippen molar-refractivity contribution in [2.75, 3.05) is 26.4 Å². The highest BCUT2D eigenvalue weighted by atomic mass is 16.7. The minimum atomic E-state index is -0.0174. The Morgan fingerprint density at radius 3 is 2.81 bits per heavy atom. The lowest BCUT2D eigenvalue weighted by molar-refractivity contribution is -0.896. The molecule has 1 amide bonds. The Hall–Kier alpha value is -1.75. The van der Waals surface area contributed by atoms with Crippen LogP contribution in [0.3, 0.4) is 0 Å². The van der Waals surface area contributed by atoms with Gasteiger partial charge in [-0.15, -0.1) is 0 Å².